The van der Waals surface area contributed by atoms with Crippen LogP contribution in [0.15, 0.2) is 48.5 Å². The number of carbonyl (C=O) groups excluding carboxylic acids is 2. The number of rotatable bonds is 0. The summed E-state index contributed by atoms with van der Waals surface area (Å²) in [7, 11) is 0. The highest BCUT2D eigenvalue weighted by Gasteiger charge is 2.27. The predicted octanol–water partition coefficient (Wildman–Crippen LogP) is 9.07. The maximum absolute atomic E-state index is 9.44. The Balaban J connectivity index is 0.000000236. The van der Waals surface area contributed by atoms with Gasteiger partial charge in [-0.25, -0.2) is 19.2 Å². The summed E-state index contributed by atoms with van der Waals surface area (Å²) in [5.74, 6) is 0. The van der Waals surface area contributed by atoms with Crippen LogP contribution in [0.25, 0.3) is 43.1 Å². The first kappa shape index (κ1) is 28.6. The molecular weight excluding hydrogens is 590 g/mol. The second-order valence-electron chi connectivity index (χ2n) is 7.14. The molecule has 0 amide bonds. The van der Waals surface area contributed by atoms with E-state index in [9.17, 15) is 9.59 Å². The van der Waals surface area contributed by atoms with E-state index in [2.05, 4.69) is 39.8 Å². The number of fused-ring (bicyclic) bond motifs is 2. The molecule has 1 aliphatic heterocycles. The van der Waals surface area contributed by atoms with Gasteiger partial charge in [-0.1, -0.05) is 88.9 Å². The van der Waals surface area contributed by atoms with Gasteiger partial charge in [0, 0.05) is 16.2 Å². The zero-order valence-electron chi connectivity index (χ0n) is 18.4. The maximum atomic E-state index is 9.44. The number of benzene rings is 5. The molecule has 14 heteroatoms. The zero-order valence-corrected chi connectivity index (χ0v) is 21.4. The summed E-state index contributed by atoms with van der Waals surface area (Å²) >= 11 is 26.0. The normalized spacial score (nSPS) is 11.8. The molecule has 0 radical (unpaired) electrons. The lowest BCUT2D eigenvalue weighted by Crippen LogP contribution is -2.27. The summed E-state index contributed by atoms with van der Waals surface area (Å²) < 4.78 is 7.28. The lowest BCUT2D eigenvalue weighted by molar-refractivity contribution is 0.00673. The minimum Gasteiger partial charge on any atom is -0.450 e. The SMILES string of the molecule is Clc1c(Cl)c2c(Cl)ccc3c4cccc5cccc(c(c1Cl)c23)c54.O=C(O)O.O=C(O)O.O=C1OC(=O)O1. The van der Waals surface area contributed by atoms with Crippen LogP contribution in [0, 0.1) is 0 Å². The van der Waals surface area contributed by atoms with Crippen molar-refractivity contribution in [2.45, 2.75) is 0 Å². The molecule has 0 saturated carbocycles. The Hall–Kier alpha value is -3.96. The van der Waals surface area contributed by atoms with Crippen LogP contribution >= 0.6 is 46.4 Å². The topological polar surface area (TPSA) is 168 Å². The van der Waals surface area contributed by atoms with Crippen LogP contribution in [0.4, 0.5) is 19.2 Å². The molecule has 1 heterocycles. The van der Waals surface area contributed by atoms with E-state index >= 15 is 0 Å². The van der Waals surface area contributed by atoms with E-state index in [4.69, 9.17) is 76.4 Å². The standard InChI is InChI=1S/C20H8Cl4.C2O4.2CH2O3/c21-13-8-7-11-10-5-1-3-9-4-2-6-12(14(9)10)16-15(11)17(13)19(23)20(24)18(16)22;3-1-5-2(4)6-1;2*2-1(3)4/h1-8H;;2*(H2,2,3,4). The maximum Gasteiger partial charge on any atom is 0.528 e. The Morgan fingerprint density at radius 2 is 1.00 bits per heavy atom. The first-order chi connectivity index (χ1) is 17.8. The van der Waals surface area contributed by atoms with Crippen molar-refractivity contribution in [2.24, 2.45) is 0 Å². The Morgan fingerprint density at radius 3 is 1.47 bits per heavy atom. The fourth-order valence-electron chi connectivity index (χ4n) is 3.87. The van der Waals surface area contributed by atoms with Gasteiger partial charge in [0.05, 0.1) is 20.1 Å². The highest BCUT2D eigenvalue weighted by molar-refractivity contribution is 6.57. The summed E-state index contributed by atoms with van der Waals surface area (Å²) in [6.07, 6.45) is -5.50. The third-order valence-electron chi connectivity index (χ3n) is 5.03. The second kappa shape index (κ2) is 11.6. The van der Waals surface area contributed by atoms with Gasteiger partial charge >= 0.3 is 24.6 Å². The van der Waals surface area contributed by atoms with Crippen molar-refractivity contribution in [1.82, 2.24) is 0 Å². The Kier molecular flexibility index (Phi) is 8.74. The molecule has 1 fully saturated rings. The molecule has 0 unspecified atom stereocenters. The monoisotopic (exact) mass is 600 g/mol. The first-order valence-electron chi connectivity index (χ1n) is 9.93. The van der Waals surface area contributed by atoms with Crippen LogP contribution in [-0.4, -0.2) is 45.0 Å². The van der Waals surface area contributed by atoms with E-state index in [0.717, 1.165) is 32.3 Å². The molecule has 0 spiro atoms. The highest BCUT2D eigenvalue weighted by atomic mass is 35.5. The molecule has 1 saturated heterocycles. The number of halogens is 4. The van der Waals surface area contributed by atoms with Crippen LogP contribution in [-0.2, 0) is 9.47 Å². The van der Waals surface area contributed by atoms with Crippen molar-refractivity contribution in [3.63, 3.8) is 0 Å². The van der Waals surface area contributed by atoms with E-state index < -0.39 is 24.6 Å². The summed E-state index contributed by atoms with van der Waals surface area (Å²) in [6.45, 7) is 0. The Bertz CT molecular complexity index is 1690. The number of ether oxygens (including phenoxy) is 2. The fraction of sp³-hybridized carbons (Fsp3) is 0. The van der Waals surface area contributed by atoms with Crippen LogP contribution in [0.5, 0.6) is 0 Å². The van der Waals surface area contributed by atoms with E-state index in [0.29, 0.717) is 20.1 Å². The van der Waals surface area contributed by atoms with Gasteiger partial charge in [-0.2, -0.15) is 0 Å². The van der Waals surface area contributed by atoms with E-state index in [1.54, 1.807) is 0 Å². The lowest BCUT2D eigenvalue weighted by atomic mass is 9.90. The third-order valence-corrected chi connectivity index (χ3v) is 6.67. The van der Waals surface area contributed by atoms with Crippen molar-refractivity contribution in [3.8, 4) is 0 Å². The summed E-state index contributed by atoms with van der Waals surface area (Å²) in [5.41, 5.74) is 0. The van der Waals surface area contributed by atoms with Gasteiger partial charge in [0.15, 0.2) is 0 Å². The van der Waals surface area contributed by atoms with Crippen molar-refractivity contribution >= 4 is 114 Å². The van der Waals surface area contributed by atoms with Crippen LogP contribution in [0.2, 0.25) is 20.1 Å². The molecule has 0 atom stereocenters. The number of cyclic esters (lactones) is 4. The predicted molar refractivity (Wildman–Crippen MR) is 142 cm³/mol. The van der Waals surface area contributed by atoms with Gasteiger partial charge in [0.25, 0.3) is 0 Å². The van der Waals surface area contributed by atoms with Gasteiger partial charge in [0.2, 0.25) is 0 Å². The summed E-state index contributed by atoms with van der Waals surface area (Å²) in [5, 5.41) is 38.0. The minimum atomic E-state index is -1.83. The number of hydrogen-bond donors (Lipinski definition) is 4. The molecule has 4 N–H and O–H groups in total. The number of carbonyl (C=O) groups is 4. The Labute approximate surface area is 231 Å². The average molecular weight is 602 g/mol. The van der Waals surface area contributed by atoms with Gasteiger partial charge < -0.3 is 29.9 Å². The molecule has 1 aliphatic rings. The third kappa shape index (κ3) is 5.79. The van der Waals surface area contributed by atoms with Gasteiger partial charge in [-0.05, 0) is 33.0 Å². The van der Waals surface area contributed by atoms with E-state index in [1.165, 1.54) is 10.8 Å². The van der Waals surface area contributed by atoms with Crippen molar-refractivity contribution in [1.29, 1.82) is 0 Å². The lowest BCUT2D eigenvalue weighted by Gasteiger charge is -2.18. The Morgan fingerprint density at radius 1 is 0.553 bits per heavy atom. The molecule has 10 nitrogen and oxygen atoms in total. The molecule has 196 valence electrons. The largest absolute Gasteiger partial charge is 0.528 e. The molecule has 0 bridgehead atoms. The zero-order chi connectivity index (χ0) is 28.3. The van der Waals surface area contributed by atoms with Crippen molar-refractivity contribution in [2.75, 3.05) is 0 Å². The fourth-order valence-corrected chi connectivity index (χ4v) is 4.99. The molecule has 6 rings (SSSR count). The molecule has 0 aliphatic carbocycles. The number of hydrogen-bond acceptors (Lipinski definition) is 6. The van der Waals surface area contributed by atoms with Crippen LogP contribution < -0.4 is 0 Å². The van der Waals surface area contributed by atoms with Crippen molar-refractivity contribution in [3.05, 3.63) is 68.6 Å². The quantitative estimate of drug-likeness (QED) is 0.0441. The highest BCUT2D eigenvalue weighted by Crippen LogP contribution is 2.50. The first-order valence-corrected chi connectivity index (χ1v) is 11.4. The molecule has 0 aromatic heterocycles. The van der Waals surface area contributed by atoms with Crippen LogP contribution in [0.1, 0.15) is 0 Å². The average Bonchev–Trinajstić information content (AvgIpc) is 2.81. The summed E-state index contributed by atoms with van der Waals surface area (Å²) in [6, 6.07) is 16.4. The van der Waals surface area contributed by atoms with Crippen molar-refractivity contribution < 1.29 is 49.1 Å². The van der Waals surface area contributed by atoms with Gasteiger partial charge in [-0.15, -0.1) is 0 Å². The van der Waals surface area contributed by atoms with E-state index in [1.807, 2.05) is 18.2 Å². The number of carboxylic acid groups (broad SMARTS) is 4. The molecule has 5 aromatic rings. The van der Waals surface area contributed by atoms with Crippen LogP contribution in [0.3, 0.4) is 0 Å². The second-order valence-corrected chi connectivity index (χ2v) is 8.68. The van der Waals surface area contributed by atoms with Gasteiger partial charge in [-0.3, -0.25) is 0 Å². The molecule has 5 aromatic carbocycles. The molecular formula is C24H12Cl4O10. The smallest absolute Gasteiger partial charge is 0.450 e. The molecule has 38 heavy (non-hydrogen) atoms. The van der Waals surface area contributed by atoms with Gasteiger partial charge in [0.1, 0.15) is 0 Å². The van der Waals surface area contributed by atoms with E-state index in [-0.39, 0.29) is 0 Å². The summed E-state index contributed by atoms with van der Waals surface area (Å²) in [4.78, 5) is 36.0. The minimum absolute atomic E-state index is 0.344.